The fourth-order valence-electron chi connectivity index (χ4n) is 3.56. The molecule has 1 aliphatic rings. The molecule has 2 heterocycles. The second kappa shape index (κ2) is 8.88. The van der Waals surface area contributed by atoms with Crippen molar-refractivity contribution < 1.29 is 4.79 Å². The third-order valence-electron chi connectivity index (χ3n) is 5.04. The van der Waals surface area contributed by atoms with Gasteiger partial charge in [-0.3, -0.25) is 0 Å². The molecule has 4 rings (SSSR count). The molecule has 1 fully saturated rings. The van der Waals surface area contributed by atoms with E-state index in [1.807, 2.05) is 64.4 Å². The normalized spacial score (nSPS) is 16.2. The van der Waals surface area contributed by atoms with E-state index in [0.717, 1.165) is 34.8 Å². The van der Waals surface area contributed by atoms with Crippen LogP contribution in [0.15, 0.2) is 59.8 Å². The lowest BCUT2D eigenvalue weighted by Gasteiger charge is -2.24. The van der Waals surface area contributed by atoms with Crippen molar-refractivity contribution >= 4 is 35.1 Å². The maximum atomic E-state index is 12.9. The van der Waals surface area contributed by atoms with Crippen molar-refractivity contribution in [1.29, 1.82) is 0 Å². The average Bonchev–Trinajstić information content (AvgIpc) is 3.39. The number of likely N-dealkylation sites (tertiary alicyclic amines) is 1. The van der Waals surface area contributed by atoms with Crippen LogP contribution in [0.25, 0.3) is 0 Å². The van der Waals surface area contributed by atoms with Gasteiger partial charge in [0.15, 0.2) is 0 Å². The molecule has 1 aromatic heterocycles. The Kier molecular flexibility index (Phi) is 6.06. The molecule has 0 saturated carbocycles. The molecule has 1 N–H and O–H groups in total. The third-order valence-corrected chi connectivity index (χ3v) is 6.04. The number of halogens is 1. The monoisotopic (exact) mass is 427 g/mol. The minimum atomic E-state index is -0.106. The Morgan fingerprint density at radius 2 is 1.97 bits per heavy atom. The molecule has 0 spiro atoms. The van der Waals surface area contributed by atoms with Gasteiger partial charge in [0.05, 0.1) is 12.6 Å². The van der Waals surface area contributed by atoms with E-state index in [2.05, 4.69) is 15.4 Å². The molecular weight excluding hydrogens is 406 g/mol. The lowest BCUT2D eigenvalue weighted by Crippen LogP contribution is -2.35. The number of urea groups is 1. The molecule has 0 bridgehead atoms. The van der Waals surface area contributed by atoms with E-state index in [0.29, 0.717) is 18.1 Å². The van der Waals surface area contributed by atoms with E-state index in [4.69, 9.17) is 11.6 Å². The van der Waals surface area contributed by atoms with E-state index in [9.17, 15) is 4.79 Å². The van der Waals surface area contributed by atoms with Crippen molar-refractivity contribution in [2.24, 2.45) is 0 Å². The SMILES string of the molecule is CSc1ccc(NC(=O)N2CCC[C@@H]2c2ncnn2Cc2ccc(Cl)cc2)cc1. The van der Waals surface area contributed by atoms with E-state index < -0.39 is 0 Å². The van der Waals surface area contributed by atoms with E-state index in [1.165, 1.54) is 0 Å². The van der Waals surface area contributed by atoms with Gasteiger partial charge in [-0.2, -0.15) is 5.10 Å². The van der Waals surface area contributed by atoms with Crippen LogP contribution in [0.2, 0.25) is 5.02 Å². The van der Waals surface area contributed by atoms with Crippen LogP contribution in [0.5, 0.6) is 0 Å². The van der Waals surface area contributed by atoms with Crippen LogP contribution in [0.3, 0.4) is 0 Å². The number of benzene rings is 2. The number of carbonyl (C=O) groups is 1. The molecule has 29 heavy (non-hydrogen) atoms. The number of carbonyl (C=O) groups excluding carboxylic acids is 1. The maximum absolute atomic E-state index is 12.9. The molecule has 2 aromatic carbocycles. The Labute approximate surface area is 179 Å². The van der Waals surface area contributed by atoms with Gasteiger partial charge in [0.2, 0.25) is 0 Å². The van der Waals surface area contributed by atoms with E-state index in [-0.39, 0.29) is 12.1 Å². The summed E-state index contributed by atoms with van der Waals surface area (Å²) in [7, 11) is 0. The summed E-state index contributed by atoms with van der Waals surface area (Å²) in [4.78, 5) is 20.4. The first-order chi connectivity index (χ1) is 14.1. The highest BCUT2D eigenvalue weighted by atomic mass is 35.5. The number of aromatic nitrogens is 3. The van der Waals surface area contributed by atoms with Crippen LogP contribution >= 0.6 is 23.4 Å². The number of amides is 2. The van der Waals surface area contributed by atoms with Gasteiger partial charge in [0.1, 0.15) is 12.2 Å². The first kappa shape index (κ1) is 19.8. The van der Waals surface area contributed by atoms with E-state index in [1.54, 1.807) is 18.1 Å². The molecule has 6 nitrogen and oxygen atoms in total. The summed E-state index contributed by atoms with van der Waals surface area (Å²) < 4.78 is 1.87. The van der Waals surface area contributed by atoms with Gasteiger partial charge in [-0.15, -0.1) is 11.8 Å². The number of rotatable bonds is 5. The summed E-state index contributed by atoms with van der Waals surface area (Å²) in [6, 6.07) is 15.4. The van der Waals surface area contributed by atoms with Crippen LogP contribution in [0.4, 0.5) is 10.5 Å². The number of thioether (sulfide) groups is 1. The van der Waals surface area contributed by atoms with Crippen molar-refractivity contribution in [3.63, 3.8) is 0 Å². The van der Waals surface area contributed by atoms with Gasteiger partial charge in [0.25, 0.3) is 0 Å². The van der Waals surface area contributed by atoms with Crippen LogP contribution in [0, 0.1) is 0 Å². The minimum Gasteiger partial charge on any atom is -0.314 e. The van der Waals surface area contributed by atoms with Crippen LogP contribution in [0.1, 0.15) is 30.3 Å². The number of nitrogens with zero attached hydrogens (tertiary/aromatic N) is 4. The van der Waals surface area contributed by atoms with Gasteiger partial charge >= 0.3 is 6.03 Å². The number of anilines is 1. The Balaban J connectivity index is 1.48. The second-order valence-electron chi connectivity index (χ2n) is 6.91. The summed E-state index contributed by atoms with van der Waals surface area (Å²) in [5, 5.41) is 8.10. The van der Waals surface area contributed by atoms with Gasteiger partial charge in [0, 0.05) is 22.2 Å². The maximum Gasteiger partial charge on any atom is 0.322 e. The summed E-state index contributed by atoms with van der Waals surface area (Å²) >= 11 is 7.65. The van der Waals surface area contributed by atoms with Crippen molar-refractivity contribution in [2.45, 2.75) is 30.3 Å². The third kappa shape index (κ3) is 4.57. The Hall–Kier alpha value is -2.51. The average molecular weight is 428 g/mol. The number of nitrogens with one attached hydrogen (secondary N) is 1. The predicted molar refractivity (Wildman–Crippen MR) is 116 cm³/mol. The summed E-state index contributed by atoms with van der Waals surface area (Å²) in [6.45, 7) is 1.29. The molecule has 2 amide bonds. The molecule has 3 aromatic rings. The summed E-state index contributed by atoms with van der Waals surface area (Å²) in [5.74, 6) is 0.810. The molecule has 0 unspecified atom stereocenters. The second-order valence-corrected chi connectivity index (χ2v) is 8.23. The smallest absolute Gasteiger partial charge is 0.314 e. The van der Waals surface area contributed by atoms with Crippen molar-refractivity contribution in [3.8, 4) is 0 Å². The topological polar surface area (TPSA) is 63.1 Å². The molecule has 1 atom stereocenters. The van der Waals surface area contributed by atoms with E-state index >= 15 is 0 Å². The first-order valence-electron chi connectivity index (χ1n) is 9.48. The Morgan fingerprint density at radius 1 is 1.21 bits per heavy atom. The van der Waals surface area contributed by atoms with Crippen LogP contribution in [-0.2, 0) is 6.54 Å². The highest BCUT2D eigenvalue weighted by molar-refractivity contribution is 7.98. The molecule has 150 valence electrons. The van der Waals surface area contributed by atoms with Crippen molar-refractivity contribution in [2.75, 3.05) is 18.1 Å². The van der Waals surface area contributed by atoms with Gasteiger partial charge in [-0.1, -0.05) is 23.7 Å². The number of hydrogen-bond acceptors (Lipinski definition) is 4. The lowest BCUT2D eigenvalue weighted by atomic mass is 10.2. The highest BCUT2D eigenvalue weighted by Crippen LogP contribution is 2.31. The van der Waals surface area contributed by atoms with Crippen molar-refractivity contribution in [3.05, 3.63) is 71.3 Å². The summed E-state index contributed by atoms with van der Waals surface area (Å²) in [5.41, 5.74) is 1.88. The quantitative estimate of drug-likeness (QED) is 0.577. The standard InChI is InChI=1S/C21H22ClN5OS/c1-29-18-10-8-17(9-11-18)25-21(28)26-12-2-3-19(26)20-23-14-24-27(20)13-15-4-6-16(22)7-5-15/h4-11,14,19H,2-3,12-13H2,1H3,(H,25,28)/t19-/m1/s1. The minimum absolute atomic E-state index is 0.0877. The molecule has 1 aliphatic heterocycles. The molecule has 1 saturated heterocycles. The van der Waals surface area contributed by atoms with Crippen molar-refractivity contribution in [1.82, 2.24) is 19.7 Å². The lowest BCUT2D eigenvalue weighted by molar-refractivity contribution is 0.203. The fourth-order valence-corrected chi connectivity index (χ4v) is 4.10. The van der Waals surface area contributed by atoms with Gasteiger partial charge in [-0.25, -0.2) is 14.5 Å². The molecule has 0 aliphatic carbocycles. The Bertz CT molecular complexity index is 973. The summed E-state index contributed by atoms with van der Waals surface area (Å²) in [6.07, 6.45) is 5.40. The zero-order chi connectivity index (χ0) is 20.2. The fraction of sp³-hybridized carbons (Fsp3) is 0.286. The highest BCUT2D eigenvalue weighted by Gasteiger charge is 2.33. The predicted octanol–water partition coefficient (Wildman–Crippen LogP) is 5.07. The largest absolute Gasteiger partial charge is 0.322 e. The first-order valence-corrected chi connectivity index (χ1v) is 11.1. The Morgan fingerprint density at radius 3 is 2.69 bits per heavy atom. The molecule has 8 heteroatoms. The number of hydrogen-bond donors (Lipinski definition) is 1. The zero-order valence-electron chi connectivity index (χ0n) is 16.1. The molecular formula is C21H22ClN5OS. The van der Waals surface area contributed by atoms with Gasteiger partial charge in [-0.05, 0) is 61.1 Å². The van der Waals surface area contributed by atoms with Gasteiger partial charge < -0.3 is 10.2 Å². The zero-order valence-corrected chi connectivity index (χ0v) is 17.7. The molecule has 0 radical (unpaired) electrons. The van der Waals surface area contributed by atoms with Crippen LogP contribution < -0.4 is 5.32 Å². The van der Waals surface area contributed by atoms with Crippen LogP contribution in [-0.4, -0.2) is 38.5 Å².